The highest BCUT2D eigenvalue weighted by Crippen LogP contribution is 2.20. The highest BCUT2D eigenvalue weighted by molar-refractivity contribution is 5.69. The fraction of sp³-hybridized carbons (Fsp3) is 0.900. The molecule has 0 heterocycles. The fourth-order valence-electron chi connectivity index (χ4n) is 0.819. The van der Waals surface area contributed by atoms with Crippen LogP contribution in [0, 0.1) is 5.41 Å². The van der Waals surface area contributed by atoms with Crippen LogP contribution in [-0.4, -0.2) is 19.1 Å². The Labute approximate surface area is 80.6 Å². The fourth-order valence-corrected chi connectivity index (χ4v) is 0.819. The molecular formula is C10H21NO2. The third kappa shape index (κ3) is 9.34. The highest BCUT2D eigenvalue weighted by atomic mass is 16.5. The molecule has 3 heteroatoms. The van der Waals surface area contributed by atoms with Gasteiger partial charge in [0.15, 0.2) is 0 Å². The van der Waals surface area contributed by atoms with Gasteiger partial charge in [0.2, 0.25) is 0 Å². The average molecular weight is 187 g/mol. The molecule has 0 aliphatic rings. The second kappa shape index (κ2) is 5.97. The van der Waals surface area contributed by atoms with Gasteiger partial charge in [0.05, 0.1) is 6.61 Å². The third-order valence-electron chi connectivity index (χ3n) is 1.69. The molecule has 0 saturated carbocycles. The summed E-state index contributed by atoms with van der Waals surface area (Å²) < 4.78 is 4.96. The zero-order valence-corrected chi connectivity index (χ0v) is 8.93. The van der Waals surface area contributed by atoms with E-state index in [-0.39, 0.29) is 11.4 Å². The third-order valence-corrected chi connectivity index (χ3v) is 1.69. The lowest BCUT2D eigenvalue weighted by Gasteiger charge is -2.16. The van der Waals surface area contributed by atoms with Crippen molar-refractivity contribution in [3.63, 3.8) is 0 Å². The van der Waals surface area contributed by atoms with E-state index in [9.17, 15) is 4.79 Å². The molecule has 13 heavy (non-hydrogen) atoms. The summed E-state index contributed by atoms with van der Waals surface area (Å²) in [4.78, 5) is 11.1. The molecule has 0 aliphatic carbocycles. The van der Waals surface area contributed by atoms with Crippen molar-refractivity contribution < 1.29 is 9.53 Å². The lowest BCUT2D eigenvalue weighted by Crippen LogP contribution is -2.13. The summed E-state index contributed by atoms with van der Waals surface area (Å²) in [5, 5.41) is 0. The van der Waals surface area contributed by atoms with Crippen LogP contribution in [-0.2, 0) is 9.53 Å². The molecule has 0 unspecified atom stereocenters. The molecule has 0 aromatic heterocycles. The van der Waals surface area contributed by atoms with Crippen LogP contribution in [0.4, 0.5) is 0 Å². The molecular weight excluding hydrogens is 166 g/mol. The van der Waals surface area contributed by atoms with Crippen LogP contribution in [0.3, 0.4) is 0 Å². The summed E-state index contributed by atoms with van der Waals surface area (Å²) >= 11 is 0. The zero-order chi connectivity index (χ0) is 10.3. The van der Waals surface area contributed by atoms with Gasteiger partial charge in [-0.3, -0.25) is 4.79 Å². The number of nitrogens with two attached hydrogens (primary N) is 1. The van der Waals surface area contributed by atoms with Crippen LogP contribution in [0.25, 0.3) is 0 Å². The summed E-state index contributed by atoms with van der Waals surface area (Å²) in [6.45, 7) is 7.37. The van der Waals surface area contributed by atoms with E-state index >= 15 is 0 Å². The maximum Gasteiger partial charge on any atom is 0.305 e. The van der Waals surface area contributed by atoms with Gasteiger partial charge in [-0.15, -0.1) is 0 Å². The van der Waals surface area contributed by atoms with Crippen molar-refractivity contribution in [3.8, 4) is 0 Å². The summed E-state index contributed by atoms with van der Waals surface area (Å²) in [6.07, 6.45) is 2.13. The quantitative estimate of drug-likeness (QED) is 0.526. The lowest BCUT2D eigenvalue weighted by molar-refractivity contribution is -0.144. The van der Waals surface area contributed by atoms with Gasteiger partial charge < -0.3 is 10.5 Å². The lowest BCUT2D eigenvalue weighted by atomic mass is 9.91. The van der Waals surface area contributed by atoms with Gasteiger partial charge in [-0.2, -0.15) is 0 Å². The molecule has 2 N–H and O–H groups in total. The van der Waals surface area contributed by atoms with Crippen LogP contribution in [0.5, 0.6) is 0 Å². The smallest absolute Gasteiger partial charge is 0.305 e. The van der Waals surface area contributed by atoms with Crippen LogP contribution >= 0.6 is 0 Å². The molecule has 0 spiro atoms. The second-order valence-electron chi connectivity index (χ2n) is 4.42. The molecule has 0 amide bonds. The summed E-state index contributed by atoms with van der Waals surface area (Å²) in [5.41, 5.74) is 5.47. The molecule has 0 radical (unpaired) electrons. The Kier molecular flexibility index (Phi) is 5.71. The number of carbonyl (C=O) groups excluding carboxylic acids is 1. The minimum atomic E-state index is -0.108. The monoisotopic (exact) mass is 187 g/mol. The van der Waals surface area contributed by atoms with Gasteiger partial charge in [-0.1, -0.05) is 20.8 Å². The SMILES string of the molecule is CC(C)(C)CCC(=O)OCCCN. The zero-order valence-electron chi connectivity index (χ0n) is 8.93. The molecule has 0 saturated heterocycles. The Morgan fingerprint density at radius 3 is 2.46 bits per heavy atom. The van der Waals surface area contributed by atoms with Crippen molar-refractivity contribution >= 4 is 5.97 Å². The molecule has 0 aromatic carbocycles. The molecule has 78 valence electrons. The maximum absolute atomic E-state index is 11.1. The summed E-state index contributed by atoms with van der Waals surface area (Å²) in [7, 11) is 0. The summed E-state index contributed by atoms with van der Waals surface area (Å²) in [5.74, 6) is -0.108. The van der Waals surface area contributed by atoms with E-state index in [1.807, 2.05) is 0 Å². The minimum absolute atomic E-state index is 0.108. The molecule has 0 rings (SSSR count). The first kappa shape index (κ1) is 12.4. The highest BCUT2D eigenvalue weighted by Gasteiger charge is 2.13. The number of hydrogen-bond acceptors (Lipinski definition) is 3. The Morgan fingerprint density at radius 1 is 1.38 bits per heavy atom. The van der Waals surface area contributed by atoms with E-state index in [4.69, 9.17) is 10.5 Å². The van der Waals surface area contributed by atoms with Crippen LogP contribution < -0.4 is 5.73 Å². The number of rotatable bonds is 5. The minimum Gasteiger partial charge on any atom is -0.466 e. The Balaban J connectivity index is 3.41. The van der Waals surface area contributed by atoms with Crippen molar-refractivity contribution in [1.29, 1.82) is 0 Å². The second-order valence-corrected chi connectivity index (χ2v) is 4.42. The Bertz CT molecular complexity index is 149. The normalized spacial score (nSPS) is 11.4. The number of ether oxygens (including phenoxy) is 1. The van der Waals surface area contributed by atoms with Crippen molar-refractivity contribution in [3.05, 3.63) is 0 Å². The Morgan fingerprint density at radius 2 is 2.00 bits per heavy atom. The van der Waals surface area contributed by atoms with Gasteiger partial charge in [0, 0.05) is 6.42 Å². The van der Waals surface area contributed by atoms with E-state index in [1.165, 1.54) is 0 Å². The van der Waals surface area contributed by atoms with Gasteiger partial charge in [0.1, 0.15) is 0 Å². The van der Waals surface area contributed by atoms with Gasteiger partial charge in [-0.25, -0.2) is 0 Å². The first-order valence-electron chi connectivity index (χ1n) is 4.81. The number of carbonyl (C=O) groups is 1. The van der Waals surface area contributed by atoms with Crippen molar-refractivity contribution in [2.45, 2.75) is 40.0 Å². The maximum atomic E-state index is 11.1. The van der Waals surface area contributed by atoms with E-state index in [0.717, 1.165) is 12.8 Å². The van der Waals surface area contributed by atoms with Crippen molar-refractivity contribution in [2.75, 3.05) is 13.2 Å². The first-order chi connectivity index (χ1) is 5.95. The van der Waals surface area contributed by atoms with E-state index < -0.39 is 0 Å². The Hall–Kier alpha value is -0.570. The van der Waals surface area contributed by atoms with E-state index in [0.29, 0.717) is 19.6 Å². The van der Waals surface area contributed by atoms with Gasteiger partial charge in [-0.05, 0) is 24.8 Å². The predicted octanol–water partition coefficient (Wildman–Crippen LogP) is 1.70. The van der Waals surface area contributed by atoms with Crippen molar-refractivity contribution in [1.82, 2.24) is 0 Å². The van der Waals surface area contributed by atoms with E-state index in [2.05, 4.69) is 20.8 Å². The molecule has 0 aromatic rings. The molecule has 0 bridgehead atoms. The van der Waals surface area contributed by atoms with Crippen LogP contribution in [0.15, 0.2) is 0 Å². The van der Waals surface area contributed by atoms with Crippen molar-refractivity contribution in [2.24, 2.45) is 11.1 Å². The average Bonchev–Trinajstić information content (AvgIpc) is 2.00. The topological polar surface area (TPSA) is 52.3 Å². The van der Waals surface area contributed by atoms with E-state index in [1.54, 1.807) is 0 Å². The standard InChI is InChI=1S/C10H21NO2/c1-10(2,3)6-5-9(12)13-8-4-7-11/h4-8,11H2,1-3H3. The van der Waals surface area contributed by atoms with Crippen LogP contribution in [0.1, 0.15) is 40.0 Å². The van der Waals surface area contributed by atoms with Crippen LogP contribution in [0.2, 0.25) is 0 Å². The predicted molar refractivity (Wildman–Crippen MR) is 53.3 cm³/mol. The summed E-state index contributed by atoms with van der Waals surface area (Å²) in [6, 6.07) is 0. The van der Waals surface area contributed by atoms with Gasteiger partial charge >= 0.3 is 5.97 Å². The number of esters is 1. The number of hydrogen-bond donors (Lipinski definition) is 1. The largest absolute Gasteiger partial charge is 0.466 e. The molecule has 0 fully saturated rings. The molecule has 0 aliphatic heterocycles. The molecule has 3 nitrogen and oxygen atoms in total. The molecule has 0 atom stereocenters. The van der Waals surface area contributed by atoms with Gasteiger partial charge in [0.25, 0.3) is 0 Å². The first-order valence-corrected chi connectivity index (χ1v) is 4.81.